The molecule has 0 atom stereocenters. The fourth-order valence-electron chi connectivity index (χ4n) is 2.69. The summed E-state index contributed by atoms with van der Waals surface area (Å²) in [7, 11) is 0. The zero-order valence-electron chi connectivity index (χ0n) is 16.7. The lowest BCUT2D eigenvalue weighted by atomic mass is 9.78. The van der Waals surface area contributed by atoms with Crippen molar-refractivity contribution in [2.45, 2.75) is 52.4 Å². The fourth-order valence-corrected chi connectivity index (χ4v) is 2.69. The number of halogens is 1. The summed E-state index contributed by atoms with van der Waals surface area (Å²) in [4.78, 5) is 12.6. The zero-order chi connectivity index (χ0) is 20.4. The minimum absolute atomic E-state index is 0.223. The van der Waals surface area contributed by atoms with Gasteiger partial charge in [0.1, 0.15) is 11.6 Å². The molecule has 0 aliphatic rings. The highest BCUT2D eigenvalue weighted by Gasteiger charge is 2.27. The topological polar surface area (TPSA) is 61.7 Å². The van der Waals surface area contributed by atoms with Gasteiger partial charge in [-0.2, -0.15) is 5.10 Å². The highest BCUT2D eigenvalue weighted by Crippen LogP contribution is 2.39. The van der Waals surface area contributed by atoms with Crippen LogP contribution in [0.5, 0.6) is 5.75 Å². The second-order valence-electron chi connectivity index (χ2n) is 8.67. The van der Waals surface area contributed by atoms with Gasteiger partial charge in [0.25, 0.3) is 5.91 Å². The molecule has 2 rings (SSSR count). The molecule has 4 nitrogen and oxygen atoms in total. The van der Waals surface area contributed by atoms with E-state index in [0.29, 0.717) is 22.3 Å². The van der Waals surface area contributed by atoms with Gasteiger partial charge in [-0.05, 0) is 40.7 Å². The fraction of sp³-hybridized carbons (Fsp3) is 0.364. The first-order chi connectivity index (χ1) is 12.4. The first-order valence-corrected chi connectivity index (χ1v) is 8.86. The molecule has 0 unspecified atom stereocenters. The minimum atomic E-state index is -0.371. The average molecular weight is 370 g/mol. The first kappa shape index (κ1) is 20.6. The molecule has 144 valence electrons. The number of hydrazone groups is 1. The van der Waals surface area contributed by atoms with Crippen LogP contribution in [0.25, 0.3) is 0 Å². The smallest absolute Gasteiger partial charge is 0.271 e. The molecule has 0 bridgehead atoms. The molecule has 1 amide bonds. The summed E-state index contributed by atoms with van der Waals surface area (Å²) in [6.07, 6.45) is 1.45. The lowest BCUT2D eigenvalue weighted by Gasteiger charge is -2.28. The SMILES string of the molecule is CC(C)(C)c1cc(C(=O)NN=Cc2ccc(F)cc2)cc(C(C)(C)C)c1O. The number of amides is 1. The highest BCUT2D eigenvalue weighted by molar-refractivity contribution is 5.95. The van der Waals surface area contributed by atoms with Crippen LogP contribution in [0, 0.1) is 5.82 Å². The van der Waals surface area contributed by atoms with Gasteiger partial charge in [0.15, 0.2) is 0 Å². The van der Waals surface area contributed by atoms with Crippen molar-refractivity contribution in [3.05, 3.63) is 64.5 Å². The van der Waals surface area contributed by atoms with Crippen LogP contribution < -0.4 is 5.43 Å². The van der Waals surface area contributed by atoms with Crippen LogP contribution in [-0.4, -0.2) is 17.2 Å². The molecule has 0 aliphatic heterocycles. The number of hydrogen-bond acceptors (Lipinski definition) is 3. The van der Waals surface area contributed by atoms with Crippen molar-refractivity contribution < 1.29 is 14.3 Å². The Kier molecular flexibility index (Phi) is 5.73. The summed E-state index contributed by atoms with van der Waals surface area (Å²) in [5, 5.41) is 14.7. The Hall–Kier alpha value is -2.69. The Morgan fingerprint density at radius 3 is 1.93 bits per heavy atom. The number of nitrogens with zero attached hydrogens (tertiary/aromatic N) is 1. The molecule has 0 radical (unpaired) electrons. The lowest BCUT2D eigenvalue weighted by molar-refractivity contribution is 0.0955. The van der Waals surface area contributed by atoms with Crippen LogP contribution in [-0.2, 0) is 10.8 Å². The molecule has 2 N–H and O–H groups in total. The van der Waals surface area contributed by atoms with E-state index in [1.54, 1.807) is 24.3 Å². The number of carbonyl (C=O) groups excluding carboxylic acids is 1. The number of phenolic OH excluding ortho intramolecular Hbond substituents is 1. The summed E-state index contributed by atoms with van der Waals surface area (Å²) in [5.41, 5.74) is 4.38. The van der Waals surface area contributed by atoms with Crippen molar-refractivity contribution in [2.24, 2.45) is 5.10 Å². The van der Waals surface area contributed by atoms with Crippen LogP contribution in [0.15, 0.2) is 41.5 Å². The molecule has 2 aromatic rings. The number of hydrogen-bond donors (Lipinski definition) is 2. The largest absolute Gasteiger partial charge is 0.507 e. The van der Waals surface area contributed by atoms with E-state index < -0.39 is 0 Å². The zero-order valence-corrected chi connectivity index (χ0v) is 16.7. The summed E-state index contributed by atoms with van der Waals surface area (Å²) in [6.45, 7) is 11.9. The average Bonchev–Trinajstić information content (AvgIpc) is 2.54. The summed E-state index contributed by atoms with van der Waals surface area (Å²) >= 11 is 0. The van der Waals surface area contributed by atoms with Gasteiger partial charge in [-0.1, -0.05) is 53.7 Å². The van der Waals surface area contributed by atoms with Crippen LogP contribution in [0.1, 0.15) is 68.6 Å². The molecular formula is C22H27FN2O2. The molecule has 0 aromatic heterocycles. The second kappa shape index (κ2) is 7.51. The predicted molar refractivity (Wildman–Crippen MR) is 107 cm³/mol. The Labute approximate surface area is 160 Å². The number of aromatic hydroxyl groups is 1. The van der Waals surface area contributed by atoms with Gasteiger partial charge in [-0.15, -0.1) is 0 Å². The van der Waals surface area contributed by atoms with E-state index in [9.17, 15) is 14.3 Å². The number of benzene rings is 2. The third-order valence-corrected chi connectivity index (χ3v) is 4.24. The van der Waals surface area contributed by atoms with Gasteiger partial charge < -0.3 is 5.11 Å². The monoisotopic (exact) mass is 370 g/mol. The third kappa shape index (κ3) is 5.16. The van der Waals surface area contributed by atoms with Gasteiger partial charge in [-0.3, -0.25) is 4.79 Å². The van der Waals surface area contributed by atoms with Crippen LogP contribution in [0.2, 0.25) is 0 Å². The van der Waals surface area contributed by atoms with Crippen molar-refractivity contribution in [3.8, 4) is 5.75 Å². The van der Waals surface area contributed by atoms with Gasteiger partial charge in [0.2, 0.25) is 0 Å². The van der Waals surface area contributed by atoms with E-state index in [4.69, 9.17) is 0 Å². The van der Waals surface area contributed by atoms with Crippen molar-refractivity contribution in [2.75, 3.05) is 0 Å². The van der Waals surface area contributed by atoms with E-state index in [-0.39, 0.29) is 28.3 Å². The van der Waals surface area contributed by atoms with Gasteiger partial charge in [0.05, 0.1) is 6.21 Å². The molecule has 0 aliphatic carbocycles. The van der Waals surface area contributed by atoms with Gasteiger partial charge in [-0.25, -0.2) is 9.82 Å². The Balaban J connectivity index is 2.33. The van der Waals surface area contributed by atoms with Crippen molar-refractivity contribution >= 4 is 12.1 Å². The number of phenols is 1. The molecule has 5 heteroatoms. The highest BCUT2D eigenvalue weighted by atomic mass is 19.1. The molecule has 0 saturated carbocycles. The molecule has 2 aromatic carbocycles. The van der Waals surface area contributed by atoms with Crippen LogP contribution in [0.3, 0.4) is 0 Å². The number of rotatable bonds is 3. The van der Waals surface area contributed by atoms with Crippen molar-refractivity contribution in [1.29, 1.82) is 0 Å². The predicted octanol–water partition coefficient (Wildman–Crippen LogP) is 4.89. The van der Waals surface area contributed by atoms with Crippen LogP contribution >= 0.6 is 0 Å². The summed E-state index contributed by atoms with van der Waals surface area (Å²) in [5.74, 6) is -0.476. The van der Waals surface area contributed by atoms with E-state index in [1.165, 1.54) is 18.3 Å². The molecule has 0 heterocycles. The Bertz CT molecular complexity index is 822. The summed E-state index contributed by atoms with van der Waals surface area (Å²) < 4.78 is 12.9. The van der Waals surface area contributed by atoms with Gasteiger partial charge in [0, 0.05) is 16.7 Å². The van der Waals surface area contributed by atoms with E-state index in [0.717, 1.165) is 0 Å². The molecule has 0 spiro atoms. The Morgan fingerprint density at radius 1 is 1.00 bits per heavy atom. The molecule has 0 fully saturated rings. The number of carbonyl (C=O) groups is 1. The minimum Gasteiger partial charge on any atom is -0.507 e. The summed E-state index contributed by atoms with van der Waals surface area (Å²) in [6, 6.07) is 9.20. The standard InChI is InChI=1S/C22H27FN2O2/c1-21(2,3)17-11-15(12-18(19(17)26)22(4,5)6)20(27)25-24-13-14-7-9-16(23)10-8-14/h7-13,26H,1-6H3,(H,25,27). The molecule has 27 heavy (non-hydrogen) atoms. The van der Waals surface area contributed by atoms with E-state index in [2.05, 4.69) is 10.5 Å². The maximum Gasteiger partial charge on any atom is 0.271 e. The third-order valence-electron chi connectivity index (χ3n) is 4.24. The van der Waals surface area contributed by atoms with Gasteiger partial charge >= 0.3 is 0 Å². The van der Waals surface area contributed by atoms with E-state index in [1.807, 2.05) is 41.5 Å². The maximum atomic E-state index is 12.9. The normalized spacial score (nSPS) is 12.4. The van der Waals surface area contributed by atoms with Crippen molar-refractivity contribution in [1.82, 2.24) is 5.43 Å². The molecule has 0 saturated heterocycles. The molecular weight excluding hydrogens is 343 g/mol. The quantitative estimate of drug-likeness (QED) is 0.597. The lowest BCUT2D eigenvalue weighted by Crippen LogP contribution is -2.22. The number of nitrogens with one attached hydrogen (secondary N) is 1. The maximum absolute atomic E-state index is 12.9. The first-order valence-electron chi connectivity index (χ1n) is 8.86. The Morgan fingerprint density at radius 2 is 1.48 bits per heavy atom. The second-order valence-corrected chi connectivity index (χ2v) is 8.67. The van der Waals surface area contributed by atoms with Crippen LogP contribution in [0.4, 0.5) is 4.39 Å². The van der Waals surface area contributed by atoms with Crippen molar-refractivity contribution in [3.63, 3.8) is 0 Å². The van der Waals surface area contributed by atoms with E-state index >= 15 is 0 Å².